The summed E-state index contributed by atoms with van der Waals surface area (Å²) in [6, 6.07) is 8.13. The van der Waals surface area contributed by atoms with Crippen molar-refractivity contribution in [1.29, 1.82) is 0 Å². The second kappa shape index (κ2) is 4.20. The number of benzene rings is 1. The van der Waals surface area contributed by atoms with Crippen molar-refractivity contribution < 1.29 is 9.90 Å². The molecule has 2 heterocycles. The number of carbonyl (C=O) groups is 1. The Labute approximate surface area is 114 Å². The van der Waals surface area contributed by atoms with Crippen LogP contribution in [0.4, 0.5) is 0 Å². The van der Waals surface area contributed by atoms with E-state index in [2.05, 4.69) is 4.98 Å². The van der Waals surface area contributed by atoms with Crippen molar-refractivity contribution in [3.05, 3.63) is 46.6 Å². The minimum Gasteiger partial charge on any atom is -0.477 e. The number of aromatic nitrogens is 2. The fourth-order valence-electron chi connectivity index (χ4n) is 2.01. The van der Waals surface area contributed by atoms with Crippen molar-refractivity contribution in [3.8, 4) is 11.3 Å². The van der Waals surface area contributed by atoms with Crippen LogP contribution in [0.1, 0.15) is 20.9 Å². The third-order valence-electron chi connectivity index (χ3n) is 3.10. The molecule has 5 heteroatoms. The maximum atomic E-state index is 11.1. The second-order valence-electron chi connectivity index (χ2n) is 4.47. The average Bonchev–Trinajstić information content (AvgIpc) is 2.90. The van der Waals surface area contributed by atoms with Gasteiger partial charge in [0.05, 0.1) is 5.69 Å². The Morgan fingerprint density at radius 3 is 2.53 bits per heavy atom. The lowest BCUT2D eigenvalue weighted by molar-refractivity contribution is 0.0701. The van der Waals surface area contributed by atoms with Crippen LogP contribution in [-0.2, 0) is 0 Å². The standard InChI is InChI=1S/C14H12N2O2S/c1-8-3-5-10(6-4-8)11-7-16-9(2)12(13(17)18)19-14(16)15-11/h3-7H,1-2H3,(H,17,18). The van der Waals surface area contributed by atoms with Gasteiger partial charge in [0.25, 0.3) is 0 Å². The SMILES string of the molecule is Cc1ccc(-c2cn3c(C)c(C(=O)O)sc3n2)cc1. The molecule has 19 heavy (non-hydrogen) atoms. The highest BCUT2D eigenvalue weighted by atomic mass is 32.1. The van der Waals surface area contributed by atoms with Gasteiger partial charge in [0.1, 0.15) is 4.88 Å². The number of carboxylic acids is 1. The van der Waals surface area contributed by atoms with Crippen molar-refractivity contribution in [2.75, 3.05) is 0 Å². The van der Waals surface area contributed by atoms with Crippen LogP contribution in [-0.4, -0.2) is 20.5 Å². The number of fused-ring (bicyclic) bond motifs is 1. The van der Waals surface area contributed by atoms with Gasteiger partial charge in [-0.2, -0.15) is 0 Å². The zero-order valence-corrected chi connectivity index (χ0v) is 11.4. The molecule has 0 aliphatic rings. The summed E-state index contributed by atoms with van der Waals surface area (Å²) >= 11 is 1.20. The molecule has 0 saturated carbocycles. The van der Waals surface area contributed by atoms with Gasteiger partial charge in [-0.25, -0.2) is 9.78 Å². The van der Waals surface area contributed by atoms with Crippen LogP contribution in [0, 0.1) is 13.8 Å². The van der Waals surface area contributed by atoms with E-state index in [4.69, 9.17) is 5.11 Å². The fourth-order valence-corrected chi connectivity index (χ4v) is 2.96. The molecule has 0 spiro atoms. The minimum absolute atomic E-state index is 0.345. The molecule has 1 N–H and O–H groups in total. The first-order valence-electron chi connectivity index (χ1n) is 5.85. The number of imidazole rings is 1. The van der Waals surface area contributed by atoms with Gasteiger partial charge in [0.15, 0.2) is 4.96 Å². The molecule has 0 radical (unpaired) electrons. The third-order valence-corrected chi connectivity index (χ3v) is 4.24. The molecule has 0 unspecified atom stereocenters. The summed E-state index contributed by atoms with van der Waals surface area (Å²) in [5, 5.41) is 9.07. The van der Waals surface area contributed by atoms with Crippen LogP contribution in [0.25, 0.3) is 16.2 Å². The number of hydrogen-bond donors (Lipinski definition) is 1. The lowest BCUT2D eigenvalue weighted by Crippen LogP contribution is -1.96. The maximum Gasteiger partial charge on any atom is 0.347 e. The van der Waals surface area contributed by atoms with E-state index in [-0.39, 0.29) is 0 Å². The number of aromatic carboxylic acids is 1. The van der Waals surface area contributed by atoms with E-state index in [9.17, 15) is 4.79 Å². The lowest BCUT2D eigenvalue weighted by Gasteiger charge is -1.97. The van der Waals surface area contributed by atoms with E-state index < -0.39 is 5.97 Å². The molecule has 0 fully saturated rings. The predicted octanol–water partition coefficient (Wildman–Crippen LogP) is 3.38. The molecule has 3 aromatic rings. The smallest absolute Gasteiger partial charge is 0.347 e. The Hall–Kier alpha value is -2.14. The van der Waals surface area contributed by atoms with E-state index in [1.165, 1.54) is 16.9 Å². The van der Waals surface area contributed by atoms with Gasteiger partial charge < -0.3 is 5.11 Å². The Bertz CT molecular complexity index is 769. The summed E-state index contributed by atoms with van der Waals surface area (Å²) in [5.74, 6) is -0.898. The topological polar surface area (TPSA) is 54.6 Å². The van der Waals surface area contributed by atoms with Gasteiger partial charge in [-0.05, 0) is 13.8 Å². The molecule has 96 valence electrons. The highest BCUT2D eigenvalue weighted by Crippen LogP contribution is 2.27. The van der Waals surface area contributed by atoms with Crippen molar-refractivity contribution in [3.63, 3.8) is 0 Å². The van der Waals surface area contributed by atoms with Crippen molar-refractivity contribution in [2.45, 2.75) is 13.8 Å². The molecule has 4 nitrogen and oxygen atoms in total. The third kappa shape index (κ3) is 1.92. The van der Waals surface area contributed by atoms with Gasteiger partial charge in [-0.1, -0.05) is 41.2 Å². The number of aryl methyl sites for hydroxylation is 2. The summed E-state index contributed by atoms with van der Waals surface area (Å²) in [6.07, 6.45) is 1.89. The highest BCUT2D eigenvalue weighted by Gasteiger charge is 2.16. The Kier molecular flexibility index (Phi) is 2.64. The van der Waals surface area contributed by atoms with Crippen LogP contribution in [0.5, 0.6) is 0 Å². The molecule has 0 bridgehead atoms. The van der Waals surface area contributed by atoms with Crippen LogP contribution in [0.2, 0.25) is 0 Å². The van der Waals surface area contributed by atoms with Crippen LogP contribution >= 0.6 is 11.3 Å². The molecule has 3 rings (SSSR count). The summed E-state index contributed by atoms with van der Waals surface area (Å²) in [4.78, 5) is 16.6. The monoisotopic (exact) mass is 272 g/mol. The number of hydrogen-bond acceptors (Lipinski definition) is 3. The summed E-state index contributed by atoms with van der Waals surface area (Å²) < 4.78 is 1.84. The number of nitrogens with zero attached hydrogens (tertiary/aromatic N) is 2. The summed E-state index contributed by atoms with van der Waals surface area (Å²) in [6.45, 7) is 3.84. The zero-order chi connectivity index (χ0) is 13.6. The van der Waals surface area contributed by atoms with Crippen molar-refractivity contribution in [1.82, 2.24) is 9.38 Å². The molecular formula is C14H12N2O2S. The predicted molar refractivity (Wildman–Crippen MR) is 74.9 cm³/mol. The molecule has 0 atom stereocenters. The molecular weight excluding hydrogens is 260 g/mol. The first-order chi connectivity index (χ1) is 9.06. The van der Waals surface area contributed by atoms with Gasteiger partial charge in [-0.3, -0.25) is 4.40 Å². The van der Waals surface area contributed by atoms with Crippen LogP contribution in [0.3, 0.4) is 0 Å². The minimum atomic E-state index is -0.898. The average molecular weight is 272 g/mol. The van der Waals surface area contributed by atoms with Gasteiger partial charge >= 0.3 is 5.97 Å². The Morgan fingerprint density at radius 1 is 1.26 bits per heavy atom. The number of thiazole rings is 1. The van der Waals surface area contributed by atoms with E-state index in [0.29, 0.717) is 9.84 Å². The van der Waals surface area contributed by atoms with Crippen LogP contribution < -0.4 is 0 Å². The lowest BCUT2D eigenvalue weighted by atomic mass is 10.1. The van der Waals surface area contributed by atoms with Crippen molar-refractivity contribution >= 4 is 22.3 Å². The molecule has 1 aromatic carbocycles. The molecule has 0 saturated heterocycles. The molecule has 0 aliphatic carbocycles. The summed E-state index contributed by atoms with van der Waals surface area (Å²) in [5.41, 5.74) is 3.83. The van der Waals surface area contributed by atoms with Crippen LogP contribution in [0.15, 0.2) is 30.5 Å². The van der Waals surface area contributed by atoms with E-state index in [1.54, 1.807) is 6.92 Å². The largest absolute Gasteiger partial charge is 0.477 e. The molecule has 0 amide bonds. The fraction of sp³-hybridized carbons (Fsp3) is 0.143. The number of rotatable bonds is 2. The molecule has 2 aromatic heterocycles. The number of carboxylic acid groups (broad SMARTS) is 1. The van der Waals surface area contributed by atoms with Crippen molar-refractivity contribution in [2.24, 2.45) is 0 Å². The first-order valence-corrected chi connectivity index (χ1v) is 6.67. The normalized spacial score (nSPS) is 11.1. The van der Waals surface area contributed by atoms with Gasteiger partial charge in [0.2, 0.25) is 0 Å². The Balaban J connectivity index is 2.13. The van der Waals surface area contributed by atoms with E-state index in [1.807, 2.05) is 41.8 Å². The zero-order valence-electron chi connectivity index (χ0n) is 10.5. The molecule has 0 aliphatic heterocycles. The Morgan fingerprint density at radius 2 is 1.95 bits per heavy atom. The first kappa shape index (κ1) is 11.9. The van der Waals surface area contributed by atoms with E-state index >= 15 is 0 Å². The van der Waals surface area contributed by atoms with Gasteiger partial charge in [0, 0.05) is 17.5 Å². The second-order valence-corrected chi connectivity index (χ2v) is 5.44. The van der Waals surface area contributed by atoms with Gasteiger partial charge in [-0.15, -0.1) is 0 Å². The highest BCUT2D eigenvalue weighted by molar-refractivity contribution is 7.19. The quantitative estimate of drug-likeness (QED) is 0.778. The maximum absolute atomic E-state index is 11.1. The van der Waals surface area contributed by atoms with E-state index in [0.717, 1.165) is 17.0 Å². The summed E-state index contributed by atoms with van der Waals surface area (Å²) in [7, 11) is 0.